The maximum absolute atomic E-state index is 6.63. The Labute approximate surface area is 294 Å². The highest BCUT2D eigenvalue weighted by Crippen LogP contribution is 2.40. The maximum atomic E-state index is 6.63. The van der Waals surface area contributed by atoms with Crippen molar-refractivity contribution >= 4 is 54.8 Å². The first-order valence-electron chi connectivity index (χ1n) is 17.3. The van der Waals surface area contributed by atoms with Crippen LogP contribution in [0.3, 0.4) is 0 Å². The standard InChI is InChI=1S/C45H33N5O/c1-26-8-5-9-27(2)41(26)30-13-16-34-33-17-14-31(23-36(33)45-48-25-40(50(45)39(34)22-30)42-28(3)10-6-11-29(42)4)51-32-15-18-35-37(24-32)44-47-20-21-49(44)38-12-7-19-46-43(35)38/h5-25H,1-4H3. The summed E-state index contributed by atoms with van der Waals surface area (Å²) in [5.41, 5.74) is 14.6. The zero-order valence-corrected chi connectivity index (χ0v) is 28.8. The summed E-state index contributed by atoms with van der Waals surface area (Å²) >= 11 is 0. The number of fused-ring (bicyclic) bond motifs is 12. The fourth-order valence-corrected chi connectivity index (χ4v) is 8.17. The van der Waals surface area contributed by atoms with Crippen molar-refractivity contribution in [2.24, 2.45) is 0 Å². The van der Waals surface area contributed by atoms with Crippen LogP contribution in [0.4, 0.5) is 0 Å². The number of aryl methyl sites for hydroxylation is 4. The van der Waals surface area contributed by atoms with Gasteiger partial charge in [-0.25, -0.2) is 9.97 Å². The van der Waals surface area contributed by atoms with Crippen LogP contribution in [0.5, 0.6) is 11.5 Å². The quantitative estimate of drug-likeness (QED) is 0.176. The summed E-state index contributed by atoms with van der Waals surface area (Å²) in [5.74, 6) is 1.47. The minimum absolute atomic E-state index is 0.733. The molecule has 0 aliphatic rings. The first-order valence-corrected chi connectivity index (χ1v) is 17.3. The van der Waals surface area contributed by atoms with Crippen molar-refractivity contribution in [2.75, 3.05) is 0 Å². The van der Waals surface area contributed by atoms with E-state index >= 15 is 0 Å². The highest BCUT2D eigenvalue weighted by molar-refractivity contribution is 6.14. The molecule has 0 N–H and O–H groups in total. The zero-order chi connectivity index (χ0) is 34.4. The van der Waals surface area contributed by atoms with Gasteiger partial charge in [0.05, 0.1) is 28.4 Å². The fraction of sp³-hybridized carbons (Fsp3) is 0.0889. The van der Waals surface area contributed by atoms with Crippen LogP contribution in [0, 0.1) is 27.7 Å². The number of ether oxygens (including phenoxy) is 1. The minimum Gasteiger partial charge on any atom is -0.457 e. The van der Waals surface area contributed by atoms with E-state index < -0.39 is 0 Å². The van der Waals surface area contributed by atoms with Crippen molar-refractivity contribution in [2.45, 2.75) is 27.7 Å². The predicted molar refractivity (Wildman–Crippen MR) is 208 cm³/mol. The molecule has 0 saturated carbocycles. The Morgan fingerprint density at radius 3 is 1.92 bits per heavy atom. The van der Waals surface area contributed by atoms with Gasteiger partial charge in [-0.05, 0) is 121 Å². The van der Waals surface area contributed by atoms with Crippen molar-refractivity contribution < 1.29 is 4.74 Å². The van der Waals surface area contributed by atoms with Gasteiger partial charge >= 0.3 is 0 Å². The number of hydrogen-bond donors (Lipinski definition) is 0. The largest absolute Gasteiger partial charge is 0.457 e. The number of imidazole rings is 2. The Bertz CT molecular complexity index is 3020. The Morgan fingerprint density at radius 2 is 1.18 bits per heavy atom. The number of nitrogens with zero attached hydrogens (tertiary/aromatic N) is 5. The predicted octanol–water partition coefficient (Wildman–Crippen LogP) is 11.3. The fourth-order valence-electron chi connectivity index (χ4n) is 8.17. The lowest BCUT2D eigenvalue weighted by atomic mass is 9.94. The molecule has 0 aliphatic heterocycles. The molecule has 51 heavy (non-hydrogen) atoms. The summed E-state index contributed by atoms with van der Waals surface area (Å²) < 4.78 is 11.1. The molecule has 0 unspecified atom stereocenters. The minimum atomic E-state index is 0.733. The molecule has 0 saturated heterocycles. The van der Waals surface area contributed by atoms with Gasteiger partial charge in [-0.3, -0.25) is 13.8 Å². The monoisotopic (exact) mass is 659 g/mol. The lowest BCUT2D eigenvalue weighted by Crippen LogP contribution is -1.98. The second-order valence-corrected chi connectivity index (χ2v) is 13.6. The third-order valence-electron chi connectivity index (χ3n) is 10.4. The van der Waals surface area contributed by atoms with Crippen molar-refractivity contribution in [3.63, 3.8) is 0 Å². The van der Waals surface area contributed by atoms with Crippen LogP contribution in [0.2, 0.25) is 0 Å². The van der Waals surface area contributed by atoms with E-state index in [1.807, 2.05) is 36.9 Å². The van der Waals surface area contributed by atoms with Gasteiger partial charge in [0.1, 0.15) is 22.8 Å². The molecule has 10 rings (SSSR count). The normalized spacial score (nSPS) is 11.9. The summed E-state index contributed by atoms with van der Waals surface area (Å²) in [5, 5.41) is 5.36. The molecule has 0 amide bonds. The van der Waals surface area contributed by atoms with Gasteiger partial charge < -0.3 is 4.74 Å². The maximum Gasteiger partial charge on any atom is 0.145 e. The van der Waals surface area contributed by atoms with E-state index in [1.165, 1.54) is 38.9 Å². The van der Waals surface area contributed by atoms with E-state index in [0.717, 1.165) is 72.0 Å². The Morgan fingerprint density at radius 1 is 0.510 bits per heavy atom. The van der Waals surface area contributed by atoms with Crippen molar-refractivity contribution in [1.29, 1.82) is 0 Å². The van der Waals surface area contributed by atoms with E-state index in [0.29, 0.717) is 0 Å². The molecule has 5 aromatic heterocycles. The number of rotatable bonds is 4. The van der Waals surface area contributed by atoms with E-state index in [-0.39, 0.29) is 0 Å². The molecule has 0 fully saturated rings. The third kappa shape index (κ3) is 4.39. The molecule has 6 heteroatoms. The summed E-state index contributed by atoms with van der Waals surface area (Å²) in [6, 6.07) is 36.4. The first-order chi connectivity index (χ1) is 24.9. The van der Waals surface area contributed by atoms with Crippen LogP contribution in [0.25, 0.3) is 77.2 Å². The molecule has 0 radical (unpaired) electrons. The molecule has 5 heterocycles. The van der Waals surface area contributed by atoms with E-state index in [1.54, 1.807) is 0 Å². The van der Waals surface area contributed by atoms with E-state index in [4.69, 9.17) is 19.7 Å². The average molecular weight is 660 g/mol. The van der Waals surface area contributed by atoms with Gasteiger partial charge in [0.15, 0.2) is 0 Å². The highest BCUT2D eigenvalue weighted by Gasteiger charge is 2.19. The van der Waals surface area contributed by atoms with Gasteiger partial charge in [-0.2, -0.15) is 0 Å². The molecule has 0 aliphatic carbocycles. The van der Waals surface area contributed by atoms with E-state index in [2.05, 4.69) is 127 Å². The lowest BCUT2D eigenvalue weighted by Gasteiger charge is -2.16. The summed E-state index contributed by atoms with van der Waals surface area (Å²) in [6.07, 6.45) is 7.67. The Kier molecular flexibility index (Phi) is 6.33. The summed E-state index contributed by atoms with van der Waals surface area (Å²) in [6.45, 7) is 8.74. The van der Waals surface area contributed by atoms with Crippen LogP contribution in [-0.4, -0.2) is 23.8 Å². The van der Waals surface area contributed by atoms with Crippen LogP contribution in [0.1, 0.15) is 22.3 Å². The molecule has 5 aromatic carbocycles. The van der Waals surface area contributed by atoms with E-state index in [9.17, 15) is 0 Å². The SMILES string of the molecule is Cc1cccc(C)c1-c1ccc2c3ccc(Oc4ccc5c(c4)c4nccn4c4cccnc54)cc3c3ncc(-c4c(C)cccc4C)n3c2c1. The van der Waals surface area contributed by atoms with Crippen LogP contribution in [-0.2, 0) is 0 Å². The molecular formula is C45H33N5O. The number of benzene rings is 5. The molecule has 6 nitrogen and oxygen atoms in total. The smallest absolute Gasteiger partial charge is 0.145 e. The van der Waals surface area contributed by atoms with Gasteiger partial charge in [0.2, 0.25) is 0 Å². The molecule has 0 atom stereocenters. The molecule has 10 aromatic rings. The number of hydrogen-bond acceptors (Lipinski definition) is 4. The van der Waals surface area contributed by atoms with Crippen LogP contribution >= 0.6 is 0 Å². The topological polar surface area (TPSA) is 56.7 Å². The van der Waals surface area contributed by atoms with Crippen molar-refractivity contribution in [1.82, 2.24) is 23.8 Å². The Hall–Kier alpha value is -6.53. The van der Waals surface area contributed by atoms with Gasteiger partial charge in [0.25, 0.3) is 0 Å². The zero-order valence-electron chi connectivity index (χ0n) is 28.8. The lowest BCUT2D eigenvalue weighted by molar-refractivity contribution is 0.484. The molecule has 0 spiro atoms. The van der Waals surface area contributed by atoms with Crippen LogP contribution < -0.4 is 4.74 Å². The third-order valence-corrected chi connectivity index (χ3v) is 10.4. The number of aromatic nitrogens is 5. The van der Waals surface area contributed by atoms with Crippen LogP contribution in [0.15, 0.2) is 128 Å². The highest BCUT2D eigenvalue weighted by atomic mass is 16.5. The molecular weight excluding hydrogens is 627 g/mol. The average Bonchev–Trinajstić information content (AvgIpc) is 3.81. The van der Waals surface area contributed by atoms with Crippen molar-refractivity contribution in [3.8, 4) is 33.9 Å². The second-order valence-electron chi connectivity index (χ2n) is 13.6. The summed E-state index contributed by atoms with van der Waals surface area (Å²) in [4.78, 5) is 14.5. The van der Waals surface area contributed by atoms with Crippen molar-refractivity contribution in [3.05, 3.63) is 150 Å². The first kappa shape index (κ1) is 29.4. The summed E-state index contributed by atoms with van der Waals surface area (Å²) in [7, 11) is 0. The molecule has 0 bridgehead atoms. The van der Waals surface area contributed by atoms with Gasteiger partial charge in [0, 0.05) is 45.7 Å². The van der Waals surface area contributed by atoms with Gasteiger partial charge in [-0.15, -0.1) is 0 Å². The molecule has 244 valence electrons. The Balaban J connectivity index is 1.19. The second kappa shape index (κ2) is 11.0. The number of pyridine rings is 3. The van der Waals surface area contributed by atoms with Gasteiger partial charge in [-0.1, -0.05) is 48.5 Å².